The minimum absolute atomic E-state index is 0.0380. The van der Waals surface area contributed by atoms with Gasteiger partial charge in [-0.3, -0.25) is 9.69 Å². The number of alkyl halides is 3. The molecule has 4 rings (SSSR count). The first-order valence-corrected chi connectivity index (χ1v) is 14.6. The number of H-pyrrole nitrogens is 1. The number of esters is 1. The van der Waals surface area contributed by atoms with Crippen LogP contribution in [0.1, 0.15) is 54.9 Å². The van der Waals surface area contributed by atoms with Gasteiger partial charge in [-0.1, -0.05) is 20.4 Å². The lowest BCUT2D eigenvalue weighted by molar-refractivity contribution is -0.140. The summed E-state index contributed by atoms with van der Waals surface area (Å²) in [7, 11) is 1.27. The van der Waals surface area contributed by atoms with Gasteiger partial charge in [-0.15, -0.1) is 0 Å². The van der Waals surface area contributed by atoms with Crippen molar-refractivity contribution < 1.29 is 37.0 Å². The fourth-order valence-electron chi connectivity index (χ4n) is 5.60. The number of ether oxygens (including phenoxy) is 3. The molecule has 0 unspecified atom stereocenters. The molecule has 1 N–H and O–H groups in total. The van der Waals surface area contributed by atoms with E-state index in [2.05, 4.69) is 16.5 Å². The average Bonchev–Trinajstić information content (AvgIpc) is 3.25. The number of amides is 1. The maximum atomic E-state index is 13.8. The normalized spacial score (nSPS) is 17.0. The molecule has 1 aromatic heterocycles. The summed E-state index contributed by atoms with van der Waals surface area (Å²) in [4.78, 5) is 34.9. The third-order valence-corrected chi connectivity index (χ3v) is 7.79. The first kappa shape index (κ1) is 33.1. The number of benzene rings is 1. The van der Waals surface area contributed by atoms with E-state index in [1.807, 2.05) is 13.8 Å². The lowest BCUT2D eigenvalue weighted by Gasteiger charge is -2.30. The highest BCUT2D eigenvalue weighted by molar-refractivity contribution is 6.17. The Balaban J connectivity index is 1.63. The molecule has 9 nitrogen and oxygen atoms in total. The topological polar surface area (TPSA) is 87.3 Å². The average molecular weight is 619 g/mol. The number of hydrogen-bond acceptors (Lipinski definition) is 7. The quantitative estimate of drug-likeness (QED) is 0.383. The van der Waals surface area contributed by atoms with Crippen molar-refractivity contribution in [3.8, 4) is 5.75 Å². The minimum atomic E-state index is -4.65. The Hall–Kier alpha value is -3.77. The summed E-state index contributed by atoms with van der Waals surface area (Å²) in [5.74, 6) is -0.271. The second-order valence-corrected chi connectivity index (χ2v) is 12.0. The smallest absolute Gasteiger partial charge is 0.430 e. The molecule has 1 saturated heterocycles. The summed E-state index contributed by atoms with van der Waals surface area (Å²) < 4.78 is 57.3. The van der Waals surface area contributed by atoms with E-state index in [1.165, 1.54) is 18.1 Å². The number of anilines is 1. The van der Waals surface area contributed by atoms with Gasteiger partial charge in [0, 0.05) is 50.4 Å². The number of aromatic nitrogens is 1. The Bertz CT molecular complexity index is 1410. The van der Waals surface area contributed by atoms with Crippen LogP contribution in [0.4, 0.5) is 19.0 Å². The molecule has 2 aliphatic rings. The molecule has 1 fully saturated rings. The predicted octanol–water partition coefficient (Wildman–Crippen LogP) is 5.27. The van der Waals surface area contributed by atoms with Crippen molar-refractivity contribution in [1.82, 2.24) is 14.8 Å². The molecule has 240 valence electrons. The molecule has 0 aliphatic carbocycles. The lowest BCUT2D eigenvalue weighted by atomic mass is 9.81. The maximum absolute atomic E-state index is 13.8. The van der Waals surface area contributed by atoms with E-state index in [0.29, 0.717) is 48.0 Å². The third kappa shape index (κ3) is 7.29. The molecule has 0 radical (unpaired) electrons. The van der Waals surface area contributed by atoms with Crippen LogP contribution >= 0.6 is 0 Å². The zero-order valence-corrected chi connectivity index (χ0v) is 26.1. The number of rotatable bonds is 9. The maximum Gasteiger partial charge on any atom is 0.430 e. The van der Waals surface area contributed by atoms with Crippen molar-refractivity contribution in [2.24, 2.45) is 0 Å². The van der Waals surface area contributed by atoms with Crippen LogP contribution in [0, 0.1) is 6.92 Å². The van der Waals surface area contributed by atoms with Gasteiger partial charge in [0.25, 0.3) is 5.91 Å². The zero-order valence-electron chi connectivity index (χ0n) is 26.1. The van der Waals surface area contributed by atoms with Gasteiger partial charge in [0.2, 0.25) is 0 Å². The molecular formula is C32H41F3N4O5. The number of carbonyl (C=O) groups is 2. The van der Waals surface area contributed by atoms with Crippen LogP contribution in [-0.2, 0) is 19.7 Å². The molecular weight excluding hydrogens is 577 g/mol. The highest BCUT2D eigenvalue weighted by Gasteiger charge is 2.41. The second kappa shape index (κ2) is 13.1. The molecule has 0 saturated carbocycles. The minimum Gasteiger partial charge on any atom is -0.492 e. The fraction of sp³-hybridized carbons (Fsp3) is 0.500. The molecule has 0 spiro atoms. The van der Waals surface area contributed by atoms with E-state index in [0.717, 1.165) is 24.5 Å². The Morgan fingerprint density at radius 2 is 1.80 bits per heavy atom. The number of nitrogens with one attached hydrogen (secondary N) is 1. The number of nitrogens with zero attached hydrogens (tertiary/aromatic N) is 3. The molecule has 1 amide bonds. The number of hydrogen-bond donors (Lipinski definition) is 1. The predicted molar refractivity (Wildman–Crippen MR) is 162 cm³/mol. The van der Waals surface area contributed by atoms with Crippen LogP contribution < -0.4 is 9.64 Å². The van der Waals surface area contributed by atoms with Gasteiger partial charge in [0.05, 0.1) is 30.6 Å². The second-order valence-electron chi connectivity index (χ2n) is 12.0. The van der Waals surface area contributed by atoms with Gasteiger partial charge < -0.3 is 29.0 Å². The number of morpholine rings is 1. The zero-order chi connectivity index (χ0) is 32.4. The molecule has 12 heteroatoms. The van der Waals surface area contributed by atoms with E-state index < -0.39 is 29.4 Å². The molecule has 1 aromatic carbocycles. The molecule has 2 aliphatic heterocycles. The van der Waals surface area contributed by atoms with Crippen LogP contribution in [-0.4, -0.2) is 92.0 Å². The van der Waals surface area contributed by atoms with Crippen molar-refractivity contribution >= 4 is 23.3 Å². The van der Waals surface area contributed by atoms with E-state index in [4.69, 9.17) is 14.2 Å². The standard InChI is InChI=1S/C32H41F3N4O5/c1-20(2)44-30(41)25-18-39(29(40)23-8-10-24(11-9-23)43-17-14-38-12-15-42-16-13-38)19-31(5,6)26-21(3)28(36-27(25)26)37(7)22(4)32(33,34)35/h8-11,18,20,36H,4,12-17,19H2,1-3,5-7H3. The summed E-state index contributed by atoms with van der Waals surface area (Å²) in [6.45, 7) is 16.6. The monoisotopic (exact) mass is 618 g/mol. The molecule has 0 bridgehead atoms. The van der Waals surface area contributed by atoms with E-state index in [1.54, 1.807) is 45.0 Å². The molecule has 3 heterocycles. The number of carbonyl (C=O) groups excluding carboxylic acids is 2. The van der Waals surface area contributed by atoms with Gasteiger partial charge in [-0.25, -0.2) is 4.79 Å². The summed E-state index contributed by atoms with van der Waals surface area (Å²) in [6, 6.07) is 6.81. The Labute approximate surface area is 256 Å². The number of aromatic amines is 1. The van der Waals surface area contributed by atoms with Crippen molar-refractivity contribution in [2.45, 2.75) is 52.3 Å². The first-order valence-electron chi connectivity index (χ1n) is 14.6. The van der Waals surface area contributed by atoms with Gasteiger partial charge in [0.15, 0.2) is 0 Å². The van der Waals surface area contributed by atoms with E-state index in [-0.39, 0.29) is 23.8 Å². The third-order valence-electron chi connectivity index (χ3n) is 7.79. The lowest BCUT2D eigenvalue weighted by Crippen LogP contribution is -2.38. The van der Waals surface area contributed by atoms with E-state index in [9.17, 15) is 22.8 Å². The molecule has 44 heavy (non-hydrogen) atoms. The number of allylic oxidation sites excluding steroid dienone is 1. The highest BCUT2D eigenvalue weighted by Crippen LogP contribution is 2.43. The van der Waals surface area contributed by atoms with Crippen molar-refractivity contribution in [3.63, 3.8) is 0 Å². The van der Waals surface area contributed by atoms with Gasteiger partial charge in [-0.2, -0.15) is 13.2 Å². The molecule has 0 atom stereocenters. The van der Waals surface area contributed by atoms with Crippen molar-refractivity contribution in [1.29, 1.82) is 0 Å². The summed E-state index contributed by atoms with van der Waals surface area (Å²) in [5.41, 5.74) is 0.0112. The first-order chi connectivity index (χ1) is 20.6. The van der Waals surface area contributed by atoms with Gasteiger partial charge in [-0.05, 0) is 56.2 Å². The highest BCUT2D eigenvalue weighted by atomic mass is 19.4. The van der Waals surface area contributed by atoms with Crippen LogP contribution in [0.2, 0.25) is 0 Å². The number of fused-ring (bicyclic) bond motifs is 1. The summed E-state index contributed by atoms with van der Waals surface area (Å²) in [5, 5.41) is 0. The molecule has 2 aromatic rings. The van der Waals surface area contributed by atoms with Crippen molar-refractivity contribution in [3.05, 3.63) is 65.1 Å². The SMILES string of the molecule is C=C(N(C)c1[nH]c2c(c1C)C(C)(C)CN(C(=O)c1ccc(OCCN3CCOCC3)cc1)C=C2C(=O)OC(C)C)C(F)(F)F. The van der Waals surface area contributed by atoms with Gasteiger partial charge in [0.1, 0.15) is 23.9 Å². The number of halogens is 3. The van der Waals surface area contributed by atoms with Crippen LogP contribution in [0.5, 0.6) is 5.75 Å². The summed E-state index contributed by atoms with van der Waals surface area (Å²) in [6.07, 6.45) is -3.70. The fourth-order valence-corrected chi connectivity index (χ4v) is 5.60. The summed E-state index contributed by atoms with van der Waals surface area (Å²) >= 11 is 0. The largest absolute Gasteiger partial charge is 0.492 e. The van der Waals surface area contributed by atoms with Gasteiger partial charge >= 0.3 is 12.1 Å². The Kier molecular flexibility index (Phi) is 9.84. The van der Waals surface area contributed by atoms with Crippen LogP contribution in [0.3, 0.4) is 0 Å². The van der Waals surface area contributed by atoms with Crippen molar-refractivity contribution in [2.75, 3.05) is 57.9 Å². The Morgan fingerprint density at radius 1 is 1.16 bits per heavy atom. The van der Waals surface area contributed by atoms with Crippen LogP contribution in [0.25, 0.3) is 5.57 Å². The van der Waals surface area contributed by atoms with E-state index >= 15 is 0 Å². The van der Waals surface area contributed by atoms with Crippen LogP contribution in [0.15, 0.2) is 42.7 Å². The Morgan fingerprint density at radius 3 is 2.39 bits per heavy atom.